The third-order valence-corrected chi connectivity index (χ3v) is 4.82. The summed E-state index contributed by atoms with van der Waals surface area (Å²) in [7, 11) is 0. The average molecular weight is 250 g/mol. The summed E-state index contributed by atoms with van der Waals surface area (Å²) >= 11 is 5.92. The monoisotopic (exact) mass is 249 g/mol. The van der Waals surface area contributed by atoms with Gasteiger partial charge < -0.3 is 5.32 Å². The minimum Gasteiger partial charge on any atom is -0.307 e. The number of rotatable bonds is 3. The minimum atomic E-state index is 0.441. The van der Waals surface area contributed by atoms with Crippen LogP contribution in [0.15, 0.2) is 24.3 Å². The van der Waals surface area contributed by atoms with Gasteiger partial charge in [-0.25, -0.2) is 0 Å². The van der Waals surface area contributed by atoms with Crippen molar-refractivity contribution in [3.8, 4) is 0 Å². The Morgan fingerprint density at radius 2 is 1.94 bits per heavy atom. The Hall–Kier alpha value is -0.530. The van der Waals surface area contributed by atoms with Crippen molar-refractivity contribution in [2.24, 2.45) is 11.8 Å². The van der Waals surface area contributed by atoms with Crippen LogP contribution >= 0.6 is 11.6 Å². The third kappa shape index (κ3) is 2.36. The highest BCUT2D eigenvalue weighted by Gasteiger charge is 2.39. The normalized spacial score (nSPS) is 32.9. The molecule has 1 aromatic carbocycles. The first-order valence-corrected chi connectivity index (χ1v) is 7.11. The molecule has 1 N–H and O–H groups in total. The van der Waals surface area contributed by atoms with E-state index in [1.807, 2.05) is 12.1 Å². The Kier molecular flexibility index (Phi) is 3.14. The molecule has 1 aromatic rings. The van der Waals surface area contributed by atoms with Crippen molar-refractivity contribution in [3.05, 3.63) is 34.9 Å². The summed E-state index contributed by atoms with van der Waals surface area (Å²) in [6, 6.07) is 9.42. The first-order valence-electron chi connectivity index (χ1n) is 6.74. The van der Waals surface area contributed by atoms with Gasteiger partial charge in [-0.1, -0.05) is 30.2 Å². The molecule has 2 bridgehead atoms. The van der Waals surface area contributed by atoms with Crippen LogP contribution in [0.5, 0.6) is 0 Å². The van der Waals surface area contributed by atoms with Crippen molar-refractivity contribution in [1.82, 2.24) is 5.32 Å². The van der Waals surface area contributed by atoms with Crippen LogP contribution in [0, 0.1) is 11.8 Å². The van der Waals surface area contributed by atoms with Gasteiger partial charge in [0.25, 0.3) is 0 Å². The molecule has 3 rings (SSSR count). The molecular weight excluding hydrogens is 230 g/mol. The number of hydrogen-bond donors (Lipinski definition) is 1. The first-order chi connectivity index (χ1) is 8.22. The molecule has 4 atom stereocenters. The van der Waals surface area contributed by atoms with E-state index in [1.165, 1.54) is 31.2 Å². The molecular formula is C15H20ClN. The van der Waals surface area contributed by atoms with Crippen LogP contribution in [-0.2, 0) is 0 Å². The Labute approximate surface area is 109 Å². The van der Waals surface area contributed by atoms with E-state index >= 15 is 0 Å². The van der Waals surface area contributed by atoms with Crippen LogP contribution in [0.3, 0.4) is 0 Å². The van der Waals surface area contributed by atoms with E-state index in [1.54, 1.807) is 0 Å². The molecule has 0 aromatic heterocycles. The fraction of sp³-hybridized carbons (Fsp3) is 0.600. The van der Waals surface area contributed by atoms with Crippen LogP contribution < -0.4 is 5.32 Å². The lowest BCUT2D eigenvalue weighted by atomic mass is 9.94. The summed E-state index contributed by atoms with van der Waals surface area (Å²) in [6.07, 6.45) is 5.77. The van der Waals surface area contributed by atoms with Crippen molar-refractivity contribution in [2.75, 3.05) is 0 Å². The van der Waals surface area contributed by atoms with E-state index in [9.17, 15) is 0 Å². The quantitative estimate of drug-likeness (QED) is 0.848. The largest absolute Gasteiger partial charge is 0.307 e. The molecule has 2 aliphatic carbocycles. The summed E-state index contributed by atoms with van der Waals surface area (Å²) in [5.74, 6) is 1.95. The molecule has 3 unspecified atom stereocenters. The van der Waals surface area contributed by atoms with Gasteiger partial charge in [0.15, 0.2) is 0 Å². The predicted octanol–water partition coefficient (Wildman–Crippen LogP) is 4.18. The average Bonchev–Trinajstić information content (AvgIpc) is 2.91. The van der Waals surface area contributed by atoms with Crippen molar-refractivity contribution in [3.63, 3.8) is 0 Å². The maximum Gasteiger partial charge on any atom is 0.0406 e. The summed E-state index contributed by atoms with van der Waals surface area (Å²) in [6.45, 7) is 2.26. The highest BCUT2D eigenvalue weighted by molar-refractivity contribution is 6.30. The summed E-state index contributed by atoms with van der Waals surface area (Å²) in [5.41, 5.74) is 1.34. The highest BCUT2D eigenvalue weighted by Crippen LogP contribution is 2.45. The van der Waals surface area contributed by atoms with Crippen LogP contribution in [0.2, 0.25) is 5.02 Å². The fourth-order valence-electron chi connectivity index (χ4n) is 3.62. The molecule has 17 heavy (non-hydrogen) atoms. The van der Waals surface area contributed by atoms with Crippen LogP contribution in [-0.4, -0.2) is 6.04 Å². The molecule has 2 fully saturated rings. The second-order valence-corrected chi connectivity index (χ2v) is 6.16. The zero-order chi connectivity index (χ0) is 11.8. The third-order valence-electron chi connectivity index (χ3n) is 4.57. The van der Waals surface area contributed by atoms with E-state index < -0.39 is 0 Å². The molecule has 0 spiro atoms. The zero-order valence-corrected chi connectivity index (χ0v) is 11.1. The smallest absolute Gasteiger partial charge is 0.0406 e. The molecule has 2 heteroatoms. The van der Waals surface area contributed by atoms with Crippen LogP contribution in [0.1, 0.15) is 44.2 Å². The molecule has 92 valence electrons. The van der Waals surface area contributed by atoms with Gasteiger partial charge in [-0.2, -0.15) is 0 Å². The van der Waals surface area contributed by atoms with E-state index in [2.05, 4.69) is 24.4 Å². The number of benzene rings is 1. The van der Waals surface area contributed by atoms with Crippen molar-refractivity contribution in [2.45, 2.75) is 44.7 Å². The van der Waals surface area contributed by atoms with E-state index in [-0.39, 0.29) is 0 Å². The first kappa shape index (κ1) is 11.6. The minimum absolute atomic E-state index is 0.441. The Morgan fingerprint density at radius 3 is 2.53 bits per heavy atom. The number of hydrogen-bond acceptors (Lipinski definition) is 1. The maximum atomic E-state index is 5.92. The van der Waals surface area contributed by atoms with Gasteiger partial charge in [-0.05, 0) is 55.7 Å². The van der Waals surface area contributed by atoms with E-state index in [0.717, 1.165) is 22.9 Å². The van der Waals surface area contributed by atoms with Gasteiger partial charge in [-0.3, -0.25) is 0 Å². The Balaban J connectivity index is 1.63. The van der Waals surface area contributed by atoms with Crippen LogP contribution in [0.4, 0.5) is 0 Å². The van der Waals surface area contributed by atoms with Crippen molar-refractivity contribution in [1.29, 1.82) is 0 Å². The van der Waals surface area contributed by atoms with E-state index in [0.29, 0.717) is 6.04 Å². The lowest BCUT2D eigenvalue weighted by Gasteiger charge is -2.27. The Bertz CT molecular complexity index is 386. The topological polar surface area (TPSA) is 12.0 Å². The van der Waals surface area contributed by atoms with Gasteiger partial charge in [0.2, 0.25) is 0 Å². The van der Waals surface area contributed by atoms with Gasteiger partial charge in [-0.15, -0.1) is 0 Å². The highest BCUT2D eigenvalue weighted by atomic mass is 35.5. The maximum absolute atomic E-state index is 5.92. The molecule has 1 nitrogen and oxygen atoms in total. The fourth-order valence-corrected chi connectivity index (χ4v) is 3.74. The van der Waals surface area contributed by atoms with Gasteiger partial charge in [0.1, 0.15) is 0 Å². The SMILES string of the molecule is C[C@@H](NC1CC2CCC1C2)c1ccc(Cl)cc1. The molecule has 2 aliphatic rings. The summed E-state index contributed by atoms with van der Waals surface area (Å²) < 4.78 is 0. The number of nitrogens with one attached hydrogen (secondary N) is 1. The van der Waals surface area contributed by atoms with Gasteiger partial charge in [0, 0.05) is 17.1 Å². The summed E-state index contributed by atoms with van der Waals surface area (Å²) in [5, 5.41) is 4.62. The molecule has 0 saturated heterocycles. The second-order valence-electron chi connectivity index (χ2n) is 5.72. The van der Waals surface area contributed by atoms with Crippen molar-refractivity contribution >= 4 is 11.6 Å². The van der Waals surface area contributed by atoms with Gasteiger partial charge in [0.05, 0.1) is 0 Å². The molecule has 0 heterocycles. The summed E-state index contributed by atoms with van der Waals surface area (Å²) in [4.78, 5) is 0. The molecule has 0 radical (unpaired) electrons. The van der Waals surface area contributed by atoms with Crippen LogP contribution in [0.25, 0.3) is 0 Å². The standard InChI is InChI=1S/C15H20ClN/c1-10(12-4-6-14(16)7-5-12)17-15-9-11-2-3-13(15)8-11/h4-7,10-11,13,15,17H,2-3,8-9H2,1H3/t10-,11?,13?,15?/m1/s1. The zero-order valence-electron chi connectivity index (χ0n) is 10.3. The van der Waals surface area contributed by atoms with E-state index in [4.69, 9.17) is 11.6 Å². The Morgan fingerprint density at radius 1 is 1.18 bits per heavy atom. The number of fused-ring (bicyclic) bond motifs is 2. The van der Waals surface area contributed by atoms with Gasteiger partial charge >= 0.3 is 0 Å². The molecule has 0 aliphatic heterocycles. The number of halogens is 1. The predicted molar refractivity (Wildman–Crippen MR) is 72.2 cm³/mol. The lowest BCUT2D eigenvalue weighted by Crippen LogP contribution is -2.35. The van der Waals surface area contributed by atoms with Crippen molar-refractivity contribution < 1.29 is 0 Å². The lowest BCUT2D eigenvalue weighted by molar-refractivity contribution is 0.327. The molecule has 0 amide bonds. The molecule has 2 saturated carbocycles. The second kappa shape index (κ2) is 4.62.